The number of fused-ring (bicyclic) bond motifs is 5. The molecule has 0 N–H and O–H groups in total. The SMILES string of the molecule is CCc1ccc(-n2c(C)cc(C=NN3C(=O)C4C5C=CC(C5)C4C3=O)c2C)cc1. The van der Waals surface area contributed by atoms with Crippen molar-refractivity contribution >= 4 is 18.0 Å². The second kappa shape index (κ2) is 6.55. The van der Waals surface area contributed by atoms with Gasteiger partial charge >= 0.3 is 0 Å². The minimum atomic E-state index is -0.209. The molecule has 1 aromatic carbocycles. The average molecular weight is 387 g/mol. The van der Waals surface area contributed by atoms with Crippen LogP contribution in [-0.2, 0) is 16.0 Å². The first-order valence-electron chi connectivity index (χ1n) is 10.4. The van der Waals surface area contributed by atoms with E-state index in [2.05, 4.69) is 59.9 Å². The lowest BCUT2D eigenvalue weighted by atomic mass is 9.85. The van der Waals surface area contributed by atoms with Gasteiger partial charge in [-0.1, -0.05) is 31.2 Å². The van der Waals surface area contributed by atoms with E-state index in [0.717, 1.165) is 40.5 Å². The number of hydrazone groups is 1. The summed E-state index contributed by atoms with van der Waals surface area (Å²) in [6.45, 7) is 6.24. The zero-order chi connectivity index (χ0) is 20.3. The van der Waals surface area contributed by atoms with E-state index in [1.165, 1.54) is 5.56 Å². The van der Waals surface area contributed by atoms with Gasteiger partial charge in [0.25, 0.3) is 11.8 Å². The van der Waals surface area contributed by atoms with E-state index < -0.39 is 0 Å². The minimum absolute atomic E-state index is 0.142. The fourth-order valence-corrected chi connectivity index (χ4v) is 5.32. The zero-order valence-corrected chi connectivity index (χ0v) is 17.0. The summed E-state index contributed by atoms with van der Waals surface area (Å²) in [5.74, 6) is -0.289. The molecule has 29 heavy (non-hydrogen) atoms. The Morgan fingerprint density at radius 1 is 1.03 bits per heavy atom. The third kappa shape index (κ3) is 2.64. The van der Waals surface area contributed by atoms with Crippen LogP contribution in [0.5, 0.6) is 0 Å². The number of benzene rings is 1. The first-order chi connectivity index (χ1) is 14.0. The highest BCUT2D eigenvalue weighted by atomic mass is 16.2. The Morgan fingerprint density at radius 2 is 1.66 bits per heavy atom. The van der Waals surface area contributed by atoms with Crippen LogP contribution in [0.15, 0.2) is 47.6 Å². The molecule has 2 amide bonds. The van der Waals surface area contributed by atoms with E-state index in [1.54, 1.807) is 6.21 Å². The number of hydrogen-bond donors (Lipinski definition) is 0. The van der Waals surface area contributed by atoms with Crippen LogP contribution in [0.3, 0.4) is 0 Å². The highest BCUT2D eigenvalue weighted by Gasteiger charge is 2.59. The van der Waals surface area contributed by atoms with E-state index >= 15 is 0 Å². The fourth-order valence-electron chi connectivity index (χ4n) is 5.32. The van der Waals surface area contributed by atoms with Crippen molar-refractivity contribution in [2.45, 2.75) is 33.6 Å². The van der Waals surface area contributed by atoms with E-state index in [4.69, 9.17) is 0 Å². The van der Waals surface area contributed by atoms with Crippen LogP contribution in [0.25, 0.3) is 5.69 Å². The highest BCUT2D eigenvalue weighted by molar-refractivity contribution is 6.06. The Balaban J connectivity index is 1.42. The lowest BCUT2D eigenvalue weighted by Crippen LogP contribution is -2.28. The predicted molar refractivity (Wildman–Crippen MR) is 112 cm³/mol. The van der Waals surface area contributed by atoms with Gasteiger partial charge in [0, 0.05) is 22.6 Å². The molecule has 2 bridgehead atoms. The van der Waals surface area contributed by atoms with Crippen molar-refractivity contribution in [1.82, 2.24) is 9.58 Å². The van der Waals surface area contributed by atoms with Crippen LogP contribution in [0.2, 0.25) is 0 Å². The molecule has 4 unspecified atom stereocenters. The van der Waals surface area contributed by atoms with Crippen molar-refractivity contribution in [2.24, 2.45) is 28.8 Å². The van der Waals surface area contributed by atoms with Gasteiger partial charge in [-0.25, -0.2) is 0 Å². The largest absolute Gasteiger partial charge is 0.318 e. The first-order valence-corrected chi connectivity index (χ1v) is 10.4. The maximum absolute atomic E-state index is 12.8. The molecule has 1 aliphatic heterocycles. The lowest BCUT2D eigenvalue weighted by molar-refractivity contribution is -0.140. The van der Waals surface area contributed by atoms with Gasteiger partial charge in [-0.2, -0.15) is 10.1 Å². The smallest absolute Gasteiger partial charge is 0.254 e. The lowest BCUT2D eigenvalue weighted by Gasteiger charge is -2.13. The Morgan fingerprint density at radius 3 is 2.24 bits per heavy atom. The number of hydrogen-bond acceptors (Lipinski definition) is 3. The number of rotatable bonds is 4. The van der Waals surface area contributed by atoms with Crippen LogP contribution in [0.4, 0.5) is 0 Å². The summed E-state index contributed by atoms with van der Waals surface area (Å²) < 4.78 is 2.17. The average Bonchev–Trinajstić information content (AvgIpc) is 3.45. The molecule has 1 saturated heterocycles. The highest BCUT2D eigenvalue weighted by Crippen LogP contribution is 2.52. The summed E-state index contributed by atoms with van der Waals surface area (Å²) in [5, 5.41) is 5.45. The number of carbonyl (C=O) groups excluding carboxylic acids is 2. The number of carbonyl (C=O) groups is 2. The van der Waals surface area contributed by atoms with Crippen molar-refractivity contribution < 1.29 is 9.59 Å². The van der Waals surface area contributed by atoms with Crippen LogP contribution in [0, 0.1) is 37.5 Å². The van der Waals surface area contributed by atoms with Crippen molar-refractivity contribution in [3.63, 3.8) is 0 Å². The summed E-state index contributed by atoms with van der Waals surface area (Å²) in [7, 11) is 0. The van der Waals surface area contributed by atoms with Crippen molar-refractivity contribution in [3.8, 4) is 5.69 Å². The van der Waals surface area contributed by atoms with Gasteiger partial charge in [-0.05, 0) is 62.3 Å². The Bertz CT molecular complexity index is 1030. The standard InChI is InChI=1S/C24H25N3O2/c1-4-16-5-9-20(10-6-16)26-14(2)11-19(15(26)3)13-25-27-23(28)21-17-7-8-18(12-17)22(21)24(27)29/h5-11,13,17-18,21-22H,4,12H2,1-3H3. The predicted octanol–water partition coefficient (Wildman–Crippen LogP) is 3.80. The Hall–Kier alpha value is -2.95. The molecule has 1 aromatic heterocycles. The number of amides is 2. The second-order valence-electron chi connectivity index (χ2n) is 8.41. The molecule has 2 fully saturated rings. The van der Waals surface area contributed by atoms with Crippen LogP contribution < -0.4 is 0 Å². The minimum Gasteiger partial charge on any atom is -0.318 e. The van der Waals surface area contributed by atoms with Gasteiger partial charge in [-0.3, -0.25) is 9.59 Å². The Kier molecular flexibility index (Phi) is 4.09. The molecule has 2 heterocycles. The quantitative estimate of drug-likeness (QED) is 0.455. The molecule has 5 heteroatoms. The first kappa shape index (κ1) is 18.1. The summed E-state index contributed by atoms with van der Waals surface area (Å²) >= 11 is 0. The maximum atomic E-state index is 12.8. The molecule has 2 aliphatic carbocycles. The fraction of sp³-hybridized carbons (Fsp3) is 0.375. The number of aromatic nitrogens is 1. The number of aryl methyl sites for hydroxylation is 2. The molecular weight excluding hydrogens is 362 g/mol. The normalized spacial score (nSPS) is 27.6. The molecule has 2 aromatic rings. The zero-order valence-electron chi connectivity index (χ0n) is 17.0. The van der Waals surface area contributed by atoms with Crippen LogP contribution in [0.1, 0.15) is 35.9 Å². The molecule has 0 radical (unpaired) electrons. The van der Waals surface area contributed by atoms with Gasteiger partial charge in [0.2, 0.25) is 0 Å². The van der Waals surface area contributed by atoms with Gasteiger partial charge in [0.15, 0.2) is 0 Å². The molecule has 5 nitrogen and oxygen atoms in total. The number of nitrogens with zero attached hydrogens (tertiary/aromatic N) is 3. The van der Waals surface area contributed by atoms with E-state index in [1.807, 2.05) is 13.0 Å². The van der Waals surface area contributed by atoms with Crippen molar-refractivity contribution in [2.75, 3.05) is 0 Å². The van der Waals surface area contributed by atoms with Crippen molar-refractivity contribution in [3.05, 3.63) is 65.0 Å². The van der Waals surface area contributed by atoms with E-state index in [-0.39, 0.29) is 35.5 Å². The van der Waals surface area contributed by atoms with Gasteiger partial charge in [0.05, 0.1) is 18.1 Å². The van der Waals surface area contributed by atoms with Crippen molar-refractivity contribution in [1.29, 1.82) is 0 Å². The maximum Gasteiger partial charge on any atom is 0.254 e. The summed E-state index contributed by atoms with van der Waals surface area (Å²) in [6, 6.07) is 10.6. The summed E-state index contributed by atoms with van der Waals surface area (Å²) in [5.41, 5.74) is 5.45. The topological polar surface area (TPSA) is 54.7 Å². The molecule has 4 atom stereocenters. The molecular formula is C24H25N3O2. The van der Waals surface area contributed by atoms with Gasteiger partial charge < -0.3 is 4.57 Å². The van der Waals surface area contributed by atoms with E-state index in [9.17, 15) is 9.59 Å². The molecule has 0 spiro atoms. The van der Waals surface area contributed by atoms with Gasteiger partial charge in [0.1, 0.15) is 0 Å². The van der Waals surface area contributed by atoms with Crippen LogP contribution >= 0.6 is 0 Å². The summed E-state index contributed by atoms with van der Waals surface area (Å²) in [4.78, 5) is 25.6. The van der Waals surface area contributed by atoms with Gasteiger partial charge in [-0.15, -0.1) is 0 Å². The monoisotopic (exact) mass is 387 g/mol. The molecule has 5 rings (SSSR count). The number of allylic oxidation sites excluding steroid dienone is 2. The number of imide groups is 1. The van der Waals surface area contributed by atoms with E-state index in [0.29, 0.717) is 0 Å². The van der Waals surface area contributed by atoms with Crippen LogP contribution in [-0.4, -0.2) is 27.6 Å². The third-order valence-electron chi connectivity index (χ3n) is 6.83. The Labute approximate surface area is 170 Å². The summed E-state index contributed by atoms with van der Waals surface area (Å²) in [6.07, 6.45) is 7.80. The molecule has 148 valence electrons. The molecule has 1 saturated carbocycles. The third-order valence-corrected chi connectivity index (χ3v) is 6.83. The second-order valence-corrected chi connectivity index (χ2v) is 8.41. The molecule has 3 aliphatic rings.